The van der Waals surface area contributed by atoms with E-state index in [4.69, 9.17) is 4.74 Å². The zero-order valence-electron chi connectivity index (χ0n) is 19.8. The number of thioether (sulfide) groups is 1. The zero-order chi connectivity index (χ0) is 24.1. The number of nitrogens with zero attached hydrogens (tertiary/aromatic N) is 4. The molecule has 1 amide bonds. The molecule has 2 aromatic heterocycles. The van der Waals surface area contributed by atoms with E-state index in [2.05, 4.69) is 40.6 Å². The van der Waals surface area contributed by atoms with E-state index in [-0.39, 0.29) is 11.7 Å². The number of methoxy groups -OCH3 is 1. The molecule has 0 fully saturated rings. The summed E-state index contributed by atoms with van der Waals surface area (Å²) in [7, 11) is 3.62. The maximum atomic E-state index is 12.6. The fourth-order valence-corrected chi connectivity index (χ4v) is 6.25. The number of nitrogens with one attached hydrogen (secondary N) is 1. The van der Waals surface area contributed by atoms with Gasteiger partial charge in [0.25, 0.3) is 0 Å². The predicted molar refractivity (Wildman–Crippen MR) is 136 cm³/mol. The van der Waals surface area contributed by atoms with Gasteiger partial charge in [0.15, 0.2) is 5.16 Å². The van der Waals surface area contributed by atoms with Crippen LogP contribution in [0.5, 0.6) is 5.75 Å². The number of anilines is 1. The molecular weight excluding hydrogens is 466 g/mol. The molecule has 0 radical (unpaired) electrons. The lowest BCUT2D eigenvalue weighted by Gasteiger charge is -2.09. The molecule has 0 spiro atoms. The molecule has 178 valence electrons. The Morgan fingerprint density at radius 3 is 2.88 bits per heavy atom. The number of carbonyl (C=O) groups excluding carboxylic acids is 1. The van der Waals surface area contributed by atoms with Crippen LogP contribution in [0.4, 0.5) is 5.00 Å². The van der Waals surface area contributed by atoms with E-state index in [9.17, 15) is 10.1 Å². The molecule has 0 saturated heterocycles. The molecule has 0 aliphatic heterocycles. The van der Waals surface area contributed by atoms with Crippen molar-refractivity contribution in [3.8, 4) is 11.8 Å². The number of amides is 1. The Hall–Kier alpha value is -2.83. The number of hydrogen-bond acceptors (Lipinski definition) is 7. The lowest BCUT2D eigenvalue weighted by Crippen LogP contribution is -2.14. The Bertz CT molecular complexity index is 1220. The third kappa shape index (κ3) is 5.45. The van der Waals surface area contributed by atoms with Crippen LogP contribution in [0.1, 0.15) is 52.2 Å². The molecule has 7 nitrogen and oxygen atoms in total. The minimum atomic E-state index is -0.125. The fourth-order valence-electron chi connectivity index (χ4n) is 4.27. The van der Waals surface area contributed by atoms with Crippen LogP contribution in [0.15, 0.2) is 23.4 Å². The van der Waals surface area contributed by atoms with Crippen molar-refractivity contribution in [1.29, 1.82) is 5.26 Å². The molecule has 0 saturated carbocycles. The van der Waals surface area contributed by atoms with Crippen molar-refractivity contribution >= 4 is 34.0 Å². The van der Waals surface area contributed by atoms with Crippen LogP contribution < -0.4 is 10.1 Å². The van der Waals surface area contributed by atoms with Crippen LogP contribution in [-0.2, 0) is 37.5 Å². The average Bonchev–Trinajstić information content (AvgIpc) is 3.37. The van der Waals surface area contributed by atoms with Crippen LogP contribution in [0.2, 0.25) is 0 Å². The number of hydrogen-bond donors (Lipinski definition) is 1. The second-order valence-corrected chi connectivity index (χ2v) is 10.5. The molecule has 34 heavy (non-hydrogen) atoms. The van der Waals surface area contributed by atoms with Gasteiger partial charge in [-0.25, -0.2) is 0 Å². The van der Waals surface area contributed by atoms with Gasteiger partial charge in [0, 0.05) is 18.3 Å². The van der Waals surface area contributed by atoms with Gasteiger partial charge in [0.05, 0.1) is 18.4 Å². The fraction of sp³-hybridized carbons (Fsp3) is 0.440. The molecule has 0 unspecified atom stereocenters. The van der Waals surface area contributed by atoms with E-state index in [1.165, 1.54) is 27.8 Å². The van der Waals surface area contributed by atoms with Crippen molar-refractivity contribution in [3.05, 3.63) is 51.2 Å². The first-order chi connectivity index (χ1) is 16.5. The number of benzene rings is 1. The number of aryl methyl sites for hydroxylation is 4. The van der Waals surface area contributed by atoms with Gasteiger partial charge >= 0.3 is 0 Å². The smallest absolute Gasteiger partial charge is 0.235 e. The molecule has 2 heterocycles. The van der Waals surface area contributed by atoms with Crippen LogP contribution in [-0.4, -0.2) is 33.5 Å². The first kappa shape index (κ1) is 24.3. The van der Waals surface area contributed by atoms with E-state index in [0.29, 0.717) is 10.6 Å². The van der Waals surface area contributed by atoms with Gasteiger partial charge in [-0.15, -0.1) is 21.5 Å². The first-order valence-electron chi connectivity index (χ1n) is 11.5. The molecule has 4 rings (SSSR count). The van der Waals surface area contributed by atoms with Crippen LogP contribution >= 0.6 is 23.1 Å². The minimum Gasteiger partial charge on any atom is -0.497 e. The number of carbonyl (C=O) groups is 1. The van der Waals surface area contributed by atoms with Crippen molar-refractivity contribution in [2.75, 3.05) is 18.2 Å². The van der Waals surface area contributed by atoms with E-state index in [0.717, 1.165) is 67.2 Å². The topological polar surface area (TPSA) is 92.8 Å². The van der Waals surface area contributed by atoms with Crippen molar-refractivity contribution in [2.24, 2.45) is 7.05 Å². The maximum absolute atomic E-state index is 12.6. The van der Waals surface area contributed by atoms with Gasteiger partial charge < -0.3 is 14.6 Å². The van der Waals surface area contributed by atoms with Gasteiger partial charge in [-0.1, -0.05) is 17.8 Å². The third-order valence-electron chi connectivity index (χ3n) is 6.19. The molecule has 1 aliphatic carbocycles. The number of thiophene rings is 1. The first-order valence-corrected chi connectivity index (χ1v) is 13.3. The highest BCUT2D eigenvalue weighted by molar-refractivity contribution is 7.99. The summed E-state index contributed by atoms with van der Waals surface area (Å²) in [5.41, 5.74) is 4.31. The third-order valence-corrected chi connectivity index (χ3v) is 8.42. The highest BCUT2D eigenvalue weighted by Gasteiger charge is 2.22. The van der Waals surface area contributed by atoms with Crippen molar-refractivity contribution < 1.29 is 9.53 Å². The van der Waals surface area contributed by atoms with Gasteiger partial charge in [-0.2, -0.15) is 5.26 Å². The van der Waals surface area contributed by atoms with Crippen molar-refractivity contribution in [2.45, 2.75) is 57.0 Å². The highest BCUT2D eigenvalue weighted by Crippen LogP contribution is 2.37. The molecule has 1 N–H and O–H groups in total. The van der Waals surface area contributed by atoms with E-state index < -0.39 is 0 Å². The lowest BCUT2D eigenvalue weighted by molar-refractivity contribution is -0.113. The molecule has 1 aliphatic rings. The van der Waals surface area contributed by atoms with Crippen LogP contribution in [0.3, 0.4) is 0 Å². The summed E-state index contributed by atoms with van der Waals surface area (Å²) >= 11 is 2.92. The number of aromatic nitrogens is 3. The van der Waals surface area contributed by atoms with Crippen molar-refractivity contribution in [1.82, 2.24) is 14.8 Å². The minimum absolute atomic E-state index is 0.125. The number of rotatable bonds is 9. The second kappa shape index (κ2) is 11.1. The SMILES string of the molecule is COc1ccc(CCCc2nnc(SCC(=O)Nc3sc4c(c3C#N)CCCC4)n2C)c(C)c1. The van der Waals surface area contributed by atoms with Gasteiger partial charge in [0.2, 0.25) is 5.91 Å². The summed E-state index contributed by atoms with van der Waals surface area (Å²) in [5.74, 6) is 1.89. The summed E-state index contributed by atoms with van der Waals surface area (Å²) in [6.45, 7) is 2.10. The number of ether oxygens (including phenoxy) is 1. The maximum Gasteiger partial charge on any atom is 0.235 e. The Morgan fingerprint density at radius 1 is 1.29 bits per heavy atom. The molecular formula is C25H29N5O2S2. The average molecular weight is 496 g/mol. The Labute approximate surface area is 208 Å². The summed E-state index contributed by atoms with van der Waals surface area (Å²) in [5, 5.41) is 22.5. The molecule has 9 heteroatoms. The van der Waals surface area contributed by atoms with Crippen molar-refractivity contribution in [3.63, 3.8) is 0 Å². The standard InChI is InChI=1S/C25H29N5O2S2/c1-16-13-18(32-3)12-11-17(16)7-6-10-22-28-29-25(30(22)2)33-15-23(31)27-24-20(14-26)19-8-4-5-9-21(19)34-24/h11-13H,4-10,15H2,1-3H3,(H,27,31). The normalized spacial score (nSPS) is 12.8. The van der Waals surface area contributed by atoms with Crippen LogP contribution in [0.25, 0.3) is 0 Å². The van der Waals surface area contributed by atoms with E-state index in [1.54, 1.807) is 18.4 Å². The number of nitriles is 1. The number of fused-ring (bicyclic) bond motifs is 1. The van der Waals surface area contributed by atoms with Crippen LogP contribution in [0, 0.1) is 18.3 Å². The monoisotopic (exact) mass is 495 g/mol. The lowest BCUT2D eigenvalue weighted by atomic mass is 9.96. The quantitative estimate of drug-likeness (QED) is 0.427. The van der Waals surface area contributed by atoms with E-state index in [1.807, 2.05) is 17.7 Å². The predicted octanol–water partition coefficient (Wildman–Crippen LogP) is 4.85. The summed E-state index contributed by atoms with van der Waals surface area (Å²) in [6.07, 6.45) is 6.92. The summed E-state index contributed by atoms with van der Waals surface area (Å²) < 4.78 is 7.24. The zero-order valence-corrected chi connectivity index (χ0v) is 21.4. The summed E-state index contributed by atoms with van der Waals surface area (Å²) in [6, 6.07) is 8.46. The second-order valence-electron chi connectivity index (χ2n) is 8.47. The van der Waals surface area contributed by atoms with Gasteiger partial charge in [0.1, 0.15) is 22.6 Å². The molecule has 3 aromatic rings. The van der Waals surface area contributed by atoms with E-state index >= 15 is 0 Å². The molecule has 0 atom stereocenters. The Morgan fingerprint density at radius 2 is 2.12 bits per heavy atom. The van der Waals surface area contributed by atoms with Gasteiger partial charge in [-0.3, -0.25) is 4.79 Å². The highest BCUT2D eigenvalue weighted by atomic mass is 32.2. The summed E-state index contributed by atoms with van der Waals surface area (Å²) in [4.78, 5) is 13.8. The largest absolute Gasteiger partial charge is 0.497 e. The Balaban J connectivity index is 1.29. The molecule has 0 bridgehead atoms. The Kier molecular flexibility index (Phi) is 7.91. The van der Waals surface area contributed by atoms with Gasteiger partial charge in [-0.05, 0) is 74.3 Å². The molecule has 1 aromatic carbocycles.